The summed E-state index contributed by atoms with van der Waals surface area (Å²) in [5, 5.41) is 9.49. The van der Waals surface area contributed by atoms with Gasteiger partial charge in [0.1, 0.15) is 0 Å². The van der Waals surface area contributed by atoms with Gasteiger partial charge in [-0.25, -0.2) is 0 Å². The van der Waals surface area contributed by atoms with Gasteiger partial charge in [0.15, 0.2) is 0 Å². The Morgan fingerprint density at radius 3 is 1.75 bits per heavy atom. The van der Waals surface area contributed by atoms with Gasteiger partial charge in [0.2, 0.25) is 0 Å². The normalized spacial score (nSPS) is 25.4. The maximum Gasteiger partial charge on any atom is 0.309 e. The predicted octanol–water partition coefficient (Wildman–Crippen LogP) is 0.500. The molecule has 0 amide bonds. The van der Waals surface area contributed by atoms with Crippen LogP contribution in [0.2, 0.25) is 0 Å². The van der Waals surface area contributed by atoms with Crippen LogP contribution < -0.4 is 0 Å². The minimum atomic E-state index is -0.621. The van der Waals surface area contributed by atoms with Crippen molar-refractivity contribution < 1.29 is 24.2 Å². The molecule has 0 spiro atoms. The Morgan fingerprint density at radius 1 is 1.06 bits per heavy atom. The smallest absolute Gasteiger partial charge is 0.309 e. The zero-order valence-corrected chi connectivity index (χ0v) is 9.64. The molecular formula is C11H18O5. The molecule has 0 aromatic rings. The van der Waals surface area contributed by atoms with Gasteiger partial charge in [-0.15, -0.1) is 0 Å². The molecule has 1 aliphatic rings. The summed E-state index contributed by atoms with van der Waals surface area (Å²) < 4.78 is 9.75. The molecule has 1 rings (SSSR count). The lowest BCUT2D eigenvalue weighted by atomic mass is 9.96. The molecule has 16 heavy (non-hydrogen) atoms. The van der Waals surface area contributed by atoms with Crippen LogP contribution in [0.4, 0.5) is 0 Å². The van der Waals surface area contributed by atoms with Gasteiger partial charge in [-0.05, 0) is 26.7 Å². The average Bonchev–Trinajstić information content (AvgIpc) is 2.61. The van der Waals surface area contributed by atoms with E-state index in [1.807, 2.05) is 0 Å². The van der Waals surface area contributed by atoms with Crippen molar-refractivity contribution in [1.82, 2.24) is 0 Å². The van der Waals surface area contributed by atoms with Crippen LogP contribution in [0.5, 0.6) is 0 Å². The van der Waals surface area contributed by atoms with Crippen LogP contribution in [0.25, 0.3) is 0 Å². The molecule has 0 radical (unpaired) electrons. The van der Waals surface area contributed by atoms with E-state index in [0.717, 1.165) is 0 Å². The van der Waals surface area contributed by atoms with Crippen LogP contribution in [0, 0.1) is 11.8 Å². The summed E-state index contributed by atoms with van der Waals surface area (Å²) in [5.41, 5.74) is 0. The fourth-order valence-corrected chi connectivity index (χ4v) is 2.03. The van der Waals surface area contributed by atoms with Crippen molar-refractivity contribution in [2.45, 2.75) is 32.8 Å². The number of ether oxygens (including phenoxy) is 2. The van der Waals surface area contributed by atoms with E-state index in [2.05, 4.69) is 0 Å². The molecule has 0 bridgehead atoms. The molecule has 0 unspecified atom stereocenters. The second kappa shape index (κ2) is 5.84. The van der Waals surface area contributed by atoms with E-state index >= 15 is 0 Å². The van der Waals surface area contributed by atoms with Crippen molar-refractivity contribution in [2.24, 2.45) is 11.8 Å². The summed E-state index contributed by atoms with van der Waals surface area (Å²) in [6.45, 7) is 3.98. The number of aliphatic hydroxyl groups is 1. The zero-order chi connectivity index (χ0) is 12.1. The van der Waals surface area contributed by atoms with Gasteiger partial charge in [-0.3, -0.25) is 9.59 Å². The summed E-state index contributed by atoms with van der Waals surface area (Å²) in [4.78, 5) is 23.1. The Hall–Kier alpha value is -1.10. The topological polar surface area (TPSA) is 72.8 Å². The van der Waals surface area contributed by atoms with Gasteiger partial charge in [-0.1, -0.05) is 0 Å². The highest BCUT2D eigenvalue weighted by Gasteiger charge is 2.43. The predicted molar refractivity (Wildman–Crippen MR) is 55.5 cm³/mol. The first-order valence-electron chi connectivity index (χ1n) is 5.61. The summed E-state index contributed by atoms with van der Waals surface area (Å²) >= 11 is 0. The third-order valence-corrected chi connectivity index (χ3v) is 2.72. The highest BCUT2D eigenvalue weighted by molar-refractivity contribution is 5.82. The second-order valence-electron chi connectivity index (χ2n) is 3.84. The molecule has 0 aromatic carbocycles. The van der Waals surface area contributed by atoms with Crippen LogP contribution in [-0.2, 0) is 19.1 Å². The first kappa shape index (κ1) is 13.0. The molecular weight excluding hydrogens is 212 g/mol. The molecule has 92 valence electrons. The van der Waals surface area contributed by atoms with Crippen molar-refractivity contribution in [3.63, 3.8) is 0 Å². The molecule has 1 aliphatic carbocycles. The van der Waals surface area contributed by atoms with E-state index in [9.17, 15) is 14.7 Å². The molecule has 0 aliphatic heterocycles. The Kier molecular flexibility index (Phi) is 4.73. The van der Waals surface area contributed by atoms with Crippen LogP contribution in [0.3, 0.4) is 0 Å². The average molecular weight is 230 g/mol. The van der Waals surface area contributed by atoms with Crippen LogP contribution >= 0.6 is 0 Å². The molecule has 0 heterocycles. The molecule has 1 saturated carbocycles. The molecule has 1 N–H and O–H groups in total. The molecule has 0 aromatic heterocycles. The third-order valence-electron chi connectivity index (χ3n) is 2.72. The van der Waals surface area contributed by atoms with Gasteiger partial charge in [-0.2, -0.15) is 0 Å². The molecule has 2 atom stereocenters. The largest absolute Gasteiger partial charge is 0.466 e. The van der Waals surface area contributed by atoms with Crippen molar-refractivity contribution in [3.8, 4) is 0 Å². The quantitative estimate of drug-likeness (QED) is 0.712. The van der Waals surface area contributed by atoms with Crippen molar-refractivity contribution >= 4 is 11.9 Å². The fourth-order valence-electron chi connectivity index (χ4n) is 2.03. The van der Waals surface area contributed by atoms with Gasteiger partial charge in [0, 0.05) is 0 Å². The van der Waals surface area contributed by atoms with Gasteiger partial charge < -0.3 is 14.6 Å². The number of esters is 2. The maximum atomic E-state index is 11.6. The van der Waals surface area contributed by atoms with Gasteiger partial charge in [0.05, 0.1) is 31.2 Å². The maximum absolute atomic E-state index is 11.6. The monoisotopic (exact) mass is 230 g/mol. The summed E-state index contributed by atoms with van der Waals surface area (Å²) in [7, 11) is 0. The Balaban J connectivity index is 2.66. The standard InChI is InChI=1S/C11H18O5/c1-3-15-10(13)8-5-7(12)6-9(8)11(14)16-4-2/h7-9,12H,3-6H2,1-2H3/t8-,9-/m1/s1. The van der Waals surface area contributed by atoms with E-state index in [0.29, 0.717) is 0 Å². The lowest BCUT2D eigenvalue weighted by Gasteiger charge is -2.15. The number of carbonyl (C=O) groups excluding carboxylic acids is 2. The Bertz CT molecular complexity index is 237. The van der Waals surface area contributed by atoms with E-state index in [4.69, 9.17) is 9.47 Å². The highest BCUT2D eigenvalue weighted by Crippen LogP contribution is 2.34. The molecule has 0 saturated heterocycles. The second-order valence-corrected chi connectivity index (χ2v) is 3.84. The SMILES string of the molecule is CCOC(=O)[C@@H]1CC(O)C[C@H]1C(=O)OCC. The first-order chi connectivity index (χ1) is 7.60. The molecule has 1 fully saturated rings. The number of hydrogen-bond donors (Lipinski definition) is 1. The third kappa shape index (κ3) is 2.95. The van der Waals surface area contributed by atoms with Crippen LogP contribution in [0.1, 0.15) is 26.7 Å². The number of rotatable bonds is 4. The van der Waals surface area contributed by atoms with E-state index in [1.165, 1.54) is 0 Å². The lowest BCUT2D eigenvalue weighted by Crippen LogP contribution is -2.28. The Labute approximate surface area is 94.7 Å². The van der Waals surface area contributed by atoms with Crippen molar-refractivity contribution in [3.05, 3.63) is 0 Å². The summed E-state index contributed by atoms with van der Waals surface area (Å²) in [6, 6.07) is 0. The minimum Gasteiger partial charge on any atom is -0.466 e. The molecule has 5 nitrogen and oxygen atoms in total. The van der Waals surface area contributed by atoms with Crippen LogP contribution in [0.15, 0.2) is 0 Å². The van der Waals surface area contributed by atoms with Crippen molar-refractivity contribution in [1.29, 1.82) is 0 Å². The minimum absolute atomic E-state index is 0.279. The van der Waals surface area contributed by atoms with E-state index in [-0.39, 0.29) is 26.1 Å². The van der Waals surface area contributed by atoms with Crippen LogP contribution in [-0.4, -0.2) is 36.4 Å². The van der Waals surface area contributed by atoms with E-state index in [1.54, 1.807) is 13.8 Å². The summed E-state index contributed by atoms with van der Waals surface area (Å²) in [5.74, 6) is -1.96. The van der Waals surface area contributed by atoms with Gasteiger partial charge in [0.25, 0.3) is 0 Å². The Morgan fingerprint density at radius 2 is 1.44 bits per heavy atom. The number of aliphatic hydroxyl groups excluding tert-OH is 1. The first-order valence-corrected chi connectivity index (χ1v) is 5.61. The van der Waals surface area contributed by atoms with Gasteiger partial charge >= 0.3 is 11.9 Å². The lowest BCUT2D eigenvalue weighted by molar-refractivity contribution is -0.158. The highest BCUT2D eigenvalue weighted by atomic mass is 16.5. The zero-order valence-electron chi connectivity index (χ0n) is 9.64. The molecule has 5 heteroatoms. The van der Waals surface area contributed by atoms with Crippen molar-refractivity contribution in [2.75, 3.05) is 13.2 Å². The summed E-state index contributed by atoms with van der Waals surface area (Å²) in [6.07, 6.45) is -0.0613. The number of carbonyl (C=O) groups is 2. The fraction of sp³-hybridized carbons (Fsp3) is 0.818. The van der Waals surface area contributed by atoms with E-state index < -0.39 is 29.9 Å². The number of hydrogen-bond acceptors (Lipinski definition) is 5.